The van der Waals surface area contributed by atoms with E-state index in [1.165, 1.54) is 32.1 Å². The van der Waals surface area contributed by atoms with Crippen molar-refractivity contribution in [3.8, 4) is 0 Å². The summed E-state index contributed by atoms with van der Waals surface area (Å²) < 4.78 is 0. The van der Waals surface area contributed by atoms with Crippen LogP contribution >= 0.6 is 0 Å². The SMILES string of the molecule is CNC(=O)C1CC2CC1C1C3CCC(C3)C21. The normalized spacial score (nSPS) is 56.7. The molecule has 4 saturated carbocycles. The molecule has 7 atom stereocenters. The molecule has 0 spiro atoms. The Kier molecular flexibility index (Phi) is 1.79. The lowest BCUT2D eigenvalue weighted by atomic mass is 9.67. The Bertz CT molecular complexity index is 340. The molecule has 0 aromatic carbocycles. The molecule has 4 aliphatic rings. The van der Waals surface area contributed by atoms with E-state index >= 15 is 0 Å². The molecule has 4 fully saturated rings. The molecular formula is C14H21NO. The van der Waals surface area contributed by atoms with Crippen LogP contribution in [0.25, 0.3) is 0 Å². The van der Waals surface area contributed by atoms with Crippen molar-refractivity contribution in [2.45, 2.75) is 32.1 Å². The summed E-state index contributed by atoms with van der Waals surface area (Å²) in [5, 5.41) is 2.88. The summed E-state index contributed by atoms with van der Waals surface area (Å²) in [6.45, 7) is 0. The topological polar surface area (TPSA) is 29.1 Å². The lowest BCUT2D eigenvalue weighted by Crippen LogP contribution is -2.39. The fourth-order valence-corrected chi connectivity index (χ4v) is 6.05. The fraction of sp³-hybridized carbons (Fsp3) is 0.929. The Hall–Kier alpha value is -0.530. The van der Waals surface area contributed by atoms with Crippen LogP contribution in [-0.2, 0) is 4.79 Å². The van der Waals surface area contributed by atoms with E-state index in [0.29, 0.717) is 11.8 Å². The molecule has 1 N–H and O–H groups in total. The molecule has 0 aliphatic heterocycles. The Labute approximate surface area is 97.2 Å². The van der Waals surface area contributed by atoms with Crippen molar-refractivity contribution in [2.24, 2.45) is 41.4 Å². The van der Waals surface area contributed by atoms with Gasteiger partial charge in [-0.05, 0) is 67.6 Å². The van der Waals surface area contributed by atoms with Crippen molar-refractivity contribution in [2.75, 3.05) is 7.05 Å². The quantitative estimate of drug-likeness (QED) is 0.672. The average molecular weight is 219 g/mol. The van der Waals surface area contributed by atoms with Gasteiger partial charge in [0.1, 0.15) is 0 Å². The van der Waals surface area contributed by atoms with Gasteiger partial charge in [0.05, 0.1) is 0 Å². The van der Waals surface area contributed by atoms with Crippen LogP contribution in [0.3, 0.4) is 0 Å². The van der Waals surface area contributed by atoms with E-state index in [0.717, 1.165) is 35.5 Å². The molecular weight excluding hydrogens is 198 g/mol. The molecule has 16 heavy (non-hydrogen) atoms. The van der Waals surface area contributed by atoms with Crippen LogP contribution in [0.4, 0.5) is 0 Å². The lowest BCUT2D eigenvalue weighted by Gasteiger charge is -2.37. The van der Waals surface area contributed by atoms with Crippen molar-refractivity contribution >= 4 is 5.91 Å². The Balaban J connectivity index is 1.63. The summed E-state index contributed by atoms with van der Waals surface area (Å²) in [6.07, 6.45) is 7.05. The summed E-state index contributed by atoms with van der Waals surface area (Å²) in [4.78, 5) is 11.9. The maximum atomic E-state index is 11.9. The predicted octanol–water partition coefficient (Wildman–Crippen LogP) is 2.05. The smallest absolute Gasteiger partial charge is 0.223 e. The van der Waals surface area contributed by atoms with E-state index < -0.39 is 0 Å². The van der Waals surface area contributed by atoms with Crippen LogP contribution in [0.15, 0.2) is 0 Å². The van der Waals surface area contributed by atoms with E-state index in [9.17, 15) is 4.79 Å². The summed E-state index contributed by atoms with van der Waals surface area (Å²) in [5.74, 6) is 6.39. The van der Waals surface area contributed by atoms with Gasteiger partial charge >= 0.3 is 0 Å². The van der Waals surface area contributed by atoms with Crippen molar-refractivity contribution in [1.82, 2.24) is 5.32 Å². The van der Waals surface area contributed by atoms with Gasteiger partial charge in [0, 0.05) is 13.0 Å². The van der Waals surface area contributed by atoms with Gasteiger partial charge in [0.15, 0.2) is 0 Å². The molecule has 0 saturated heterocycles. The highest BCUT2D eigenvalue weighted by atomic mass is 16.1. The minimum absolute atomic E-state index is 0.328. The van der Waals surface area contributed by atoms with Gasteiger partial charge in [-0.3, -0.25) is 4.79 Å². The van der Waals surface area contributed by atoms with Gasteiger partial charge < -0.3 is 5.32 Å². The summed E-state index contributed by atoms with van der Waals surface area (Å²) in [7, 11) is 1.80. The van der Waals surface area contributed by atoms with E-state index in [4.69, 9.17) is 0 Å². The third kappa shape index (κ3) is 0.970. The largest absolute Gasteiger partial charge is 0.359 e. The van der Waals surface area contributed by atoms with Crippen LogP contribution in [-0.4, -0.2) is 13.0 Å². The standard InChI is InChI=1S/C14H21NO/c1-15-14(16)11-6-9-5-10(11)13-8-3-2-7(4-8)12(9)13/h7-13H,2-6H2,1H3,(H,15,16). The van der Waals surface area contributed by atoms with Crippen molar-refractivity contribution in [3.05, 3.63) is 0 Å². The average Bonchev–Trinajstić information content (AvgIpc) is 3.03. The van der Waals surface area contributed by atoms with Gasteiger partial charge in [-0.1, -0.05) is 0 Å². The number of hydrogen-bond donors (Lipinski definition) is 1. The number of carbonyl (C=O) groups excluding carboxylic acids is 1. The number of nitrogens with one attached hydrogen (secondary N) is 1. The van der Waals surface area contributed by atoms with E-state index in [1.54, 1.807) is 7.05 Å². The number of amides is 1. The lowest BCUT2D eigenvalue weighted by molar-refractivity contribution is -0.127. The molecule has 4 bridgehead atoms. The maximum Gasteiger partial charge on any atom is 0.223 e. The fourth-order valence-electron chi connectivity index (χ4n) is 6.05. The van der Waals surface area contributed by atoms with Crippen LogP contribution in [0.5, 0.6) is 0 Å². The molecule has 7 unspecified atom stereocenters. The number of fused-ring (bicyclic) bond motifs is 9. The highest BCUT2D eigenvalue weighted by Gasteiger charge is 2.63. The third-order valence-corrected chi connectivity index (χ3v) is 6.32. The van der Waals surface area contributed by atoms with Crippen LogP contribution in [0.1, 0.15) is 32.1 Å². The molecule has 0 aromatic rings. The zero-order chi connectivity index (χ0) is 10.9. The first-order valence-electron chi connectivity index (χ1n) is 7.01. The molecule has 4 aliphatic carbocycles. The van der Waals surface area contributed by atoms with Crippen LogP contribution < -0.4 is 5.32 Å². The van der Waals surface area contributed by atoms with Gasteiger partial charge in [0.25, 0.3) is 0 Å². The van der Waals surface area contributed by atoms with E-state index in [1.807, 2.05) is 0 Å². The molecule has 2 nitrogen and oxygen atoms in total. The molecule has 0 heterocycles. The molecule has 2 heteroatoms. The van der Waals surface area contributed by atoms with E-state index in [2.05, 4.69) is 5.32 Å². The number of rotatable bonds is 1. The van der Waals surface area contributed by atoms with Gasteiger partial charge in [0.2, 0.25) is 5.91 Å². The van der Waals surface area contributed by atoms with Gasteiger partial charge in [-0.15, -0.1) is 0 Å². The minimum atomic E-state index is 0.328. The Morgan fingerprint density at radius 2 is 1.75 bits per heavy atom. The first-order chi connectivity index (χ1) is 7.79. The summed E-state index contributed by atoms with van der Waals surface area (Å²) in [5.41, 5.74) is 0. The number of hydrogen-bond acceptors (Lipinski definition) is 1. The zero-order valence-corrected chi connectivity index (χ0v) is 9.99. The second kappa shape index (κ2) is 3.02. The molecule has 1 amide bonds. The van der Waals surface area contributed by atoms with Crippen molar-refractivity contribution in [1.29, 1.82) is 0 Å². The minimum Gasteiger partial charge on any atom is -0.359 e. The molecule has 88 valence electrons. The molecule has 0 radical (unpaired) electrons. The molecule has 4 rings (SSSR count). The summed E-state index contributed by atoms with van der Waals surface area (Å²) in [6, 6.07) is 0. The highest BCUT2D eigenvalue weighted by Crippen LogP contribution is 2.68. The van der Waals surface area contributed by atoms with Gasteiger partial charge in [-0.2, -0.15) is 0 Å². The van der Waals surface area contributed by atoms with Crippen molar-refractivity contribution in [3.63, 3.8) is 0 Å². The van der Waals surface area contributed by atoms with E-state index in [-0.39, 0.29) is 0 Å². The Morgan fingerprint density at radius 3 is 2.50 bits per heavy atom. The summed E-state index contributed by atoms with van der Waals surface area (Å²) >= 11 is 0. The van der Waals surface area contributed by atoms with Crippen LogP contribution in [0, 0.1) is 41.4 Å². The zero-order valence-electron chi connectivity index (χ0n) is 9.99. The molecule has 0 aromatic heterocycles. The predicted molar refractivity (Wildman–Crippen MR) is 61.6 cm³/mol. The third-order valence-electron chi connectivity index (χ3n) is 6.32. The monoisotopic (exact) mass is 219 g/mol. The van der Waals surface area contributed by atoms with Crippen molar-refractivity contribution < 1.29 is 4.79 Å². The highest BCUT2D eigenvalue weighted by molar-refractivity contribution is 5.79. The second-order valence-corrected chi connectivity index (χ2v) is 6.60. The second-order valence-electron chi connectivity index (χ2n) is 6.60. The van der Waals surface area contributed by atoms with Crippen LogP contribution in [0.2, 0.25) is 0 Å². The first kappa shape index (κ1) is 9.49. The Morgan fingerprint density at radius 1 is 1.00 bits per heavy atom. The number of carbonyl (C=O) groups is 1. The first-order valence-corrected chi connectivity index (χ1v) is 7.01. The van der Waals surface area contributed by atoms with Gasteiger partial charge in [-0.25, -0.2) is 0 Å². The maximum absolute atomic E-state index is 11.9.